The molecule has 1 saturated carbocycles. The monoisotopic (exact) mass is 394 g/mol. The summed E-state index contributed by atoms with van der Waals surface area (Å²) in [6.45, 7) is 7.93. The average molecular weight is 395 g/mol. The van der Waals surface area contributed by atoms with Crippen LogP contribution in [0.4, 0.5) is 0 Å². The second-order valence-electron chi connectivity index (χ2n) is 8.30. The van der Waals surface area contributed by atoms with Crippen LogP contribution in [0.5, 0.6) is 0 Å². The highest BCUT2D eigenvalue weighted by Gasteiger charge is 2.29. The summed E-state index contributed by atoms with van der Waals surface area (Å²) in [5.74, 6) is -0.220. The Morgan fingerprint density at radius 2 is 1.54 bits per heavy atom. The second-order valence-corrected chi connectivity index (χ2v) is 8.30. The molecule has 0 aromatic rings. The van der Waals surface area contributed by atoms with Gasteiger partial charge < -0.3 is 9.47 Å². The zero-order valence-corrected chi connectivity index (χ0v) is 18.6. The molecule has 2 rings (SSSR count). The summed E-state index contributed by atoms with van der Waals surface area (Å²) in [5, 5.41) is 0. The number of unbranched alkanes of at least 4 members (excludes halogenated alkanes) is 3. The fraction of sp³-hybridized carbons (Fsp3) is 0.833. The lowest BCUT2D eigenvalue weighted by molar-refractivity contribution is -0.160. The molecule has 28 heavy (non-hydrogen) atoms. The first kappa shape index (κ1) is 24.7. The summed E-state index contributed by atoms with van der Waals surface area (Å²) in [6, 6.07) is 0. The minimum absolute atomic E-state index is 0.000308. The predicted octanol–water partition coefficient (Wildman–Crippen LogP) is 6.52. The van der Waals surface area contributed by atoms with Crippen LogP contribution in [0.15, 0.2) is 11.6 Å². The minimum atomic E-state index is -0.222. The lowest BCUT2D eigenvalue weighted by Crippen LogP contribution is -2.31. The molecule has 0 aromatic heterocycles. The smallest absolute Gasteiger partial charge is 0.309 e. The molecule has 0 heterocycles. The molecular formula is C24H42O4. The quantitative estimate of drug-likeness (QED) is 0.267. The molecule has 0 spiro atoms. The standard InChI is InChI=1S/C21H34O4.C3H8/c1-3-4-5-6-7-17-8-10-18(11-9-17)21(23)25-20-14-12-19(13-15-20)24-16(2)22;1-3-2/h8,18-20H,3-7,9-15H2,1-2H3;3H2,1-2H3. The minimum Gasteiger partial charge on any atom is -0.463 e. The van der Waals surface area contributed by atoms with Gasteiger partial charge in [-0.1, -0.05) is 58.1 Å². The summed E-state index contributed by atoms with van der Waals surface area (Å²) in [5.41, 5.74) is 1.53. The molecule has 162 valence electrons. The third kappa shape index (κ3) is 10.3. The SMILES string of the molecule is CCC.CCCCCCC1=CCC(C(=O)OC2CCC(OC(C)=O)CC2)CC1. The van der Waals surface area contributed by atoms with Crippen LogP contribution in [0.2, 0.25) is 0 Å². The summed E-state index contributed by atoms with van der Waals surface area (Å²) < 4.78 is 11.0. The number of ether oxygens (including phenoxy) is 2. The fourth-order valence-electron chi connectivity index (χ4n) is 3.87. The van der Waals surface area contributed by atoms with Crippen LogP contribution in [0, 0.1) is 5.92 Å². The van der Waals surface area contributed by atoms with Crippen molar-refractivity contribution in [3.05, 3.63) is 11.6 Å². The average Bonchev–Trinajstić information content (AvgIpc) is 2.67. The number of carbonyl (C=O) groups excluding carboxylic acids is 2. The van der Waals surface area contributed by atoms with E-state index < -0.39 is 0 Å². The van der Waals surface area contributed by atoms with E-state index in [0.717, 1.165) is 44.9 Å². The van der Waals surface area contributed by atoms with Crippen LogP contribution in [0.25, 0.3) is 0 Å². The Morgan fingerprint density at radius 1 is 0.929 bits per heavy atom. The van der Waals surface area contributed by atoms with Crippen molar-refractivity contribution in [1.29, 1.82) is 0 Å². The fourth-order valence-corrected chi connectivity index (χ4v) is 3.87. The second kappa shape index (κ2) is 14.6. The van der Waals surface area contributed by atoms with Gasteiger partial charge in [0.2, 0.25) is 0 Å². The number of allylic oxidation sites excluding steroid dienone is 2. The van der Waals surface area contributed by atoms with Crippen LogP contribution in [0.1, 0.15) is 111 Å². The molecule has 0 saturated heterocycles. The third-order valence-electron chi connectivity index (χ3n) is 5.43. The van der Waals surface area contributed by atoms with Gasteiger partial charge in [0, 0.05) is 6.92 Å². The highest BCUT2D eigenvalue weighted by molar-refractivity contribution is 5.73. The summed E-state index contributed by atoms with van der Waals surface area (Å²) in [6.07, 6.45) is 15.9. The topological polar surface area (TPSA) is 52.6 Å². The van der Waals surface area contributed by atoms with Crippen molar-refractivity contribution in [2.75, 3.05) is 0 Å². The molecule has 1 unspecified atom stereocenters. The van der Waals surface area contributed by atoms with E-state index in [0.29, 0.717) is 0 Å². The summed E-state index contributed by atoms with van der Waals surface area (Å²) in [7, 11) is 0. The van der Waals surface area contributed by atoms with Crippen molar-refractivity contribution >= 4 is 11.9 Å². The van der Waals surface area contributed by atoms with Gasteiger partial charge in [-0.05, 0) is 57.8 Å². The molecule has 0 aromatic carbocycles. The van der Waals surface area contributed by atoms with E-state index in [1.165, 1.54) is 51.0 Å². The molecule has 4 nitrogen and oxygen atoms in total. The maximum atomic E-state index is 12.4. The van der Waals surface area contributed by atoms with E-state index in [9.17, 15) is 9.59 Å². The van der Waals surface area contributed by atoms with Crippen LogP contribution in [-0.4, -0.2) is 24.1 Å². The first-order valence-electron chi connectivity index (χ1n) is 11.6. The Morgan fingerprint density at radius 3 is 2.04 bits per heavy atom. The van der Waals surface area contributed by atoms with Gasteiger partial charge in [-0.15, -0.1) is 0 Å². The number of rotatable bonds is 8. The Bertz CT molecular complexity index is 475. The molecule has 0 amide bonds. The van der Waals surface area contributed by atoms with Crippen LogP contribution >= 0.6 is 0 Å². The van der Waals surface area contributed by atoms with Crippen molar-refractivity contribution in [3.63, 3.8) is 0 Å². The first-order valence-corrected chi connectivity index (χ1v) is 11.6. The van der Waals surface area contributed by atoms with E-state index in [1.807, 2.05) is 0 Å². The summed E-state index contributed by atoms with van der Waals surface area (Å²) in [4.78, 5) is 23.4. The highest BCUT2D eigenvalue weighted by Crippen LogP contribution is 2.30. The van der Waals surface area contributed by atoms with Crippen LogP contribution in [-0.2, 0) is 19.1 Å². The van der Waals surface area contributed by atoms with E-state index in [1.54, 1.807) is 0 Å². The molecule has 0 aliphatic heterocycles. The lowest BCUT2D eigenvalue weighted by Gasteiger charge is -2.29. The molecule has 0 bridgehead atoms. The lowest BCUT2D eigenvalue weighted by atomic mass is 9.87. The molecule has 2 aliphatic rings. The molecular weight excluding hydrogens is 352 g/mol. The van der Waals surface area contributed by atoms with Crippen LogP contribution < -0.4 is 0 Å². The number of carbonyl (C=O) groups is 2. The number of hydrogen-bond donors (Lipinski definition) is 0. The number of hydrogen-bond acceptors (Lipinski definition) is 4. The van der Waals surface area contributed by atoms with Gasteiger partial charge in [0.15, 0.2) is 0 Å². The highest BCUT2D eigenvalue weighted by atomic mass is 16.6. The van der Waals surface area contributed by atoms with E-state index >= 15 is 0 Å². The van der Waals surface area contributed by atoms with Gasteiger partial charge in [0.05, 0.1) is 5.92 Å². The zero-order valence-electron chi connectivity index (χ0n) is 18.6. The van der Waals surface area contributed by atoms with Gasteiger partial charge >= 0.3 is 11.9 Å². The van der Waals surface area contributed by atoms with Gasteiger partial charge in [0.25, 0.3) is 0 Å². The van der Waals surface area contributed by atoms with E-state index in [2.05, 4.69) is 26.8 Å². The van der Waals surface area contributed by atoms with Crippen LogP contribution in [0.3, 0.4) is 0 Å². The number of esters is 2. The Hall–Kier alpha value is -1.32. The van der Waals surface area contributed by atoms with Gasteiger partial charge in [-0.2, -0.15) is 0 Å². The van der Waals surface area contributed by atoms with E-state index in [-0.39, 0.29) is 30.1 Å². The Kier molecular flexibility index (Phi) is 12.9. The first-order chi connectivity index (χ1) is 13.5. The molecule has 1 atom stereocenters. The van der Waals surface area contributed by atoms with Gasteiger partial charge in [-0.3, -0.25) is 9.59 Å². The summed E-state index contributed by atoms with van der Waals surface area (Å²) >= 11 is 0. The molecule has 0 radical (unpaired) electrons. The normalized spacial score (nSPS) is 24.4. The van der Waals surface area contributed by atoms with Crippen molar-refractivity contribution in [3.8, 4) is 0 Å². The maximum absolute atomic E-state index is 12.4. The molecule has 2 aliphatic carbocycles. The van der Waals surface area contributed by atoms with E-state index in [4.69, 9.17) is 9.47 Å². The molecule has 1 fully saturated rings. The zero-order chi connectivity index (χ0) is 20.8. The predicted molar refractivity (Wildman–Crippen MR) is 114 cm³/mol. The van der Waals surface area contributed by atoms with Crippen molar-refractivity contribution in [2.24, 2.45) is 5.92 Å². The Balaban J connectivity index is 0.00000122. The van der Waals surface area contributed by atoms with Crippen molar-refractivity contribution < 1.29 is 19.1 Å². The maximum Gasteiger partial charge on any atom is 0.309 e. The molecule has 0 N–H and O–H groups in total. The largest absolute Gasteiger partial charge is 0.463 e. The van der Waals surface area contributed by atoms with Crippen molar-refractivity contribution in [2.45, 2.75) is 123 Å². The third-order valence-corrected chi connectivity index (χ3v) is 5.43. The Labute approximate surface area is 172 Å². The van der Waals surface area contributed by atoms with Gasteiger partial charge in [0.1, 0.15) is 12.2 Å². The van der Waals surface area contributed by atoms with Crippen molar-refractivity contribution in [1.82, 2.24) is 0 Å². The molecule has 4 heteroatoms. The van der Waals surface area contributed by atoms with Gasteiger partial charge in [-0.25, -0.2) is 0 Å².